The van der Waals surface area contributed by atoms with Crippen LogP contribution in [0.5, 0.6) is 0 Å². The molecule has 1 aliphatic rings. The monoisotopic (exact) mass is 473 g/mol. The number of nitrogens with one attached hydrogen (secondary N) is 1. The maximum Gasteiger partial charge on any atom is 0.329 e. The van der Waals surface area contributed by atoms with E-state index in [1.807, 2.05) is 22.9 Å². The van der Waals surface area contributed by atoms with Crippen LogP contribution in [0.15, 0.2) is 41.3 Å². The third-order valence-corrected chi connectivity index (χ3v) is 6.66. The first-order valence-electron chi connectivity index (χ1n) is 10.7. The summed E-state index contributed by atoms with van der Waals surface area (Å²) in [7, 11) is 0. The average Bonchev–Trinajstić information content (AvgIpc) is 3.30. The number of aromatic amines is 1. The van der Waals surface area contributed by atoms with Crippen molar-refractivity contribution in [1.29, 1.82) is 0 Å². The molecule has 1 aromatic carbocycles. The van der Waals surface area contributed by atoms with Crippen LogP contribution < -0.4 is 5.69 Å². The van der Waals surface area contributed by atoms with E-state index >= 15 is 0 Å². The molecule has 3 aromatic heterocycles. The van der Waals surface area contributed by atoms with Gasteiger partial charge in [-0.25, -0.2) is 9.78 Å². The van der Waals surface area contributed by atoms with Gasteiger partial charge in [0.2, 0.25) is 5.95 Å². The number of fused-ring (bicyclic) bond motifs is 1. The summed E-state index contributed by atoms with van der Waals surface area (Å²) in [4.78, 5) is 24.8. The van der Waals surface area contributed by atoms with E-state index in [1.165, 1.54) is 12.5 Å². The first-order chi connectivity index (χ1) is 15.5. The number of imidazole rings is 2. The Balaban J connectivity index is 1.52. The predicted molar refractivity (Wildman–Crippen MR) is 123 cm³/mol. The Hall–Kier alpha value is -2.64. The van der Waals surface area contributed by atoms with E-state index in [2.05, 4.69) is 15.0 Å². The first-order valence-corrected chi connectivity index (χ1v) is 11.5. The van der Waals surface area contributed by atoms with Gasteiger partial charge >= 0.3 is 5.69 Å². The van der Waals surface area contributed by atoms with Crippen molar-refractivity contribution in [3.05, 3.63) is 80.1 Å². The minimum atomic E-state index is -0.574. The fourth-order valence-electron chi connectivity index (χ4n) is 4.55. The second-order valence-corrected chi connectivity index (χ2v) is 9.13. The van der Waals surface area contributed by atoms with Gasteiger partial charge in [-0.1, -0.05) is 48.5 Å². The van der Waals surface area contributed by atoms with Crippen LogP contribution in [-0.2, 0) is 13.0 Å². The Kier molecular flexibility index (Phi) is 5.78. The van der Waals surface area contributed by atoms with Crippen molar-refractivity contribution >= 4 is 34.4 Å². The number of benzene rings is 1. The Bertz CT molecular complexity index is 1340. The zero-order valence-electron chi connectivity index (χ0n) is 17.3. The lowest BCUT2D eigenvalue weighted by Gasteiger charge is -2.24. The normalized spacial score (nSPS) is 15.0. The van der Waals surface area contributed by atoms with Crippen molar-refractivity contribution in [3.63, 3.8) is 0 Å². The second-order valence-electron chi connectivity index (χ2n) is 8.29. The van der Waals surface area contributed by atoms with Crippen LogP contribution in [0.1, 0.15) is 55.2 Å². The molecule has 0 spiro atoms. The summed E-state index contributed by atoms with van der Waals surface area (Å²) in [6.07, 6.45) is 7.81. The maximum absolute atomic E-state index is 13.4. The minimum Gasteiger partial charge on any atom is -0.325 e. The van der Waals surface area contributed by atoms with Crippen LogP contribution in [0.2, 0.25) is 10.0 Å². The molecule has 166 valence electrons. The van der Waals surface area contributed by atoms with Crippen molar-refractivity contribution in [3.8, 4) is 0 Å². The number of nitrogens with zero attached hydrogens (tertiary/aromatic N) is 4. The average molecular weight is 474 g/mol. The molecule has 1 saturated carbocycles. The molecule has 4 aromatic rings. The highest BCUT2D eigenvalue weighted by molar-refractivity contribution is 6.35. The molecule has 1 N–H and O–H groups in total. The molecular formula is C23H22Cl2FN5O. The molecule has 0 amide bonds. The highest BCUT2D eigenvalue weighted by Gasteiger charge is 2.23. The molecule has 32 heavy (non-hydrogen) atoms. The number of pyridine rings is 1. The Morgan fingerprint density at radius 1 is 1.09 bits per heavy atom. The van der Waals surface area contributed by atoms with E-state index in [4.69, 9.17) is 23.2 Å². The molecule has 6 nitrogen and oxygen atoms in total. The Morgan fingerprint density at radius 3 is 2.69 bits per heavy atom. The van der Waals surface area contributed by atoms with Gasteiger partial charge in [0.1, 0.15) is 11.3 Å². The van der Waals surface area contributed by atoms with E-state index in [-0.39, 0.29) is 18.3 Å². The van der Waals surface area contributed by atoms with Gasteiger partial charge in [0.25, 0.3) is 0 Å². The molecule has 0 unspecified atom stereocenters. The van der Waals surface area contributed by atoms with Gasteiger partial charge in [0.15, 0.2) is 5.65 Å². The van der Waals surface area contributed by atoms with Crippen molar-refractivity contribution in [1.82, 2.24) is 24.1 Å². The number of hydrogen-bond donors (Lipinski definition) is 1. The molecule has 5 rings (SSSR count). The molecule has 0 atom stereocenters. The van der Waals surface area contributed by atoms with Gasteiger partial charge in [-0.2, -0.15) is 9.37 Å². The maximum atomic E-state index is 13.4. The molecule has 3 heterocycles. The molecule has 0 radical (unpaired) electrons. The van der Waals surface area contributed by atoms with Gasteiger partial charge in [-0.3, -0.25) is 9.13 Å². The molecule has 0 saturated heterocycles. The third-order valence-electron chi connectivity index (χ3n) is 6.07. The third kappa shape index (κ3) is 4.19. The minimum absolute atomic E-state index is 0.0726. The largest absolute Gasteiger partial charge is 0.329 e. The fraction of sp³-hybridized carbons (Fsp3) is 0.348. The topological polar surface area (TPSA) is 68.5 Å². The van der Waals surface area contributed by atoms with Crippen LogP contribution in [0.4, 0.5) is 4.39 Å². The highest BCUT2D eigenvalue weighted by Crippen LogP contribution is 2.30. The van der Waals surface area contributed by atoms with Crippen LogP contribution in [0.3, 0.4) is 0 Å². The summed E-state index contributed by atoms with van der Waals surface area (Å²) in [6.45, 7) is 0.248. The standard InChI is InChI=1S/C23H22Cl2FN5O/c24-15-7-6-14(18(25)11-15)10-17-12-30(23(32)31(17)16-4-2-1-3-5-16)13-21-27-19-8-9-20(26)28-22(19)29-21/h6-9,11-12,16H,1-5,10,13H2,(H,27,28,29). The van der Waals surface area contributed by atoms with E-state index in [9.17, 15) is 9.18 Å². The Labute approximate surface area is 194 Å². The van der Waals surface area contributed by atoms with Crippen molar-refractivity contribution < 1.29 is 4.39 Å². The summed E-state index contributed by atoms with van der Waals surface area (Å²) >= 11 is 12.5. The summed E-state index contributed by atoms with van der Waals surface area (Å²) in [5.74, 6) is -0.0208. The summed E-state index contributed by atoms with van der Waals surface area (Å²) in [5.41, 5.74) is 2.69. The van der Waals surface area contributed by atoms with Crippen LogP contribution in [-0.4, -0.2) is 24.1 Å². The van der Waals surface area contributed by atoms with Gasteiger partial charge in [0, 0.05) is 34.4 Å². The SMILES string of the molecule is O=c1n(Cc2nc3ccc(F)nc3[nH]2)cc(Cc2ccc(Cl)cc2Cl)n1C1CCCCC1. The summed E-state index contributed by atoms with van der Waals surface area (Å²) < 4.78 is 17.0. The number of halogens is 3. The quantitative estimate of drug-likeness (QED) is 0.388. The number of aromatic nitrogens is 5. The lowest BCUT2D eigenvalue weighted by molar-refractivity contribution is 0.339. The molecule has 9 heteroatoms. The van der Waals surface area contributed by atoms with E-state index < -0.39 is 5.95 Å². The number of hydrogen-bond acceptors (Lipinski definition) is 3. The van der Waals surface area contributed by atoms with Crippen LogP contribution >= 0.6 is 23.2 Å². The molecular weight excluding hydrogens is 452 g/mol. The van der Waals surface area contributed by atoms with Gasteiger partial charge in [0.05, 0.1) is 6.54 Å². The zero-order chi connectivity index (χ0) is 22.2. The van der Waals surface area contributed by atoms with E-state index in [0.29, 0.717) is 33.5 Å². The fourth-order valence-corrected chi connectivity index (χ4v) is 5.02. The Morgan fingerprint density at radius 2 is 1.91 bits per heavy atom. The molecule has 1 aliphatic carbocycles. The molecule has 0 aliphatic heterocycles. The lowest BCUT2D eigenvalue weighted by Crippen LogP contribution is -2.30. The van der Waals surface area contributed by atoms with E-state index in [0.717, 1.165) is 36.9 Å². The zero-order valence-corrected chi connectivity index (χ0v) is 18.8. The lowest BCUT2D eigenvalue weighted by atomic mass is 9.95. The highest BCUT2D eigenvalue weighted by atomic mass is 35.5. The molecule has 1 fully saturated rings. The molecule has 0 bridgehead atoms. The second kappa shape index (κ2) is 8.71. The predicted octanol–water partition coefficient (Wildman–Crippen LogP) is 5.51. The van der Waals surface area contributed by atoms with Crippen LogP contribution in [0.25, 0.3) is 11.2 Å². The smallest absolute Gasteiger partial charge is 0.325 e. The number of rotatable bonds is 5. The summed E-state index contributed by atoms with van der Waals surface area (Å²) in [6, 6.07) is 8.44. The van der Waals surface area contributed by atoms with E-state index in [1.54, 1.807) is 16.7 Å². The van der Waals surface area contributed by atoms with Crippen LogP contribution in [0, 0.1) is 5.95 Å². The van der Waals surface area contributed by atoms with Gasteiger partial charge < -0.3 is 4.98 Å². The number of H-pyrrole nitrogens is 1. The van der Waals surface area contributed by atoms with Gasteiger partial charge in [-0.05, 0) is 42.7 Å². The van der Waals surface area contributed by atoms with Gasteiger partial charge in [-0.15, -0.1) is 0 Å². The van der Waals surface area contributed by atoms with Crippen molar-refractivity contribution in [2.45, 2.75) is 51.1 Å². The summed E-state index contributed by atoms with van der Waals surface area (Å²) in [5, 5.41) is 1.16. The van der Waals surface area contributed by atoms with Crippen molar-refractivity contribution in [2.24, 2.45) is 0 Å². The van der Waals surface area contributed by atoms with Crippen molar-refractivity contribution in [2.75, 3.05) is 0 Å². The first kappa shape index (κ1) is 21.2.